The largest absolute Gasteiger partial charge is 0.315 e. The van der Waals surface area contributed by atoms with Crippen molar-refractivity contribution in [2.75, 3.05) is 26.2 Å². The van der Waals surface area contributed by atoms with Crippen molar-refractivity contribution in [2.45, 2.75) is 25.8 Å². The number of hydrogen-bond donors (Lipinski definition) is 1. The predicted molar refractivity (Wildman–Crippen MR) is 50.0 cm³/mol. The third kappa shape index (κ3) is 1.56. The number of rotatable bonds is 2. The molecule has 0 bridgehead atoms. The smallest absolute Gasteiger partial charge is 0.238 e. The van der Waals surface area contributed by atoms with Gasteiger partial charge in [-0.3, -0.25) is 9.80 Å². The minimum Gasteiger partial charge on any atom is -0.315 e. The lowest BCUT2D eigenvalue weighted by Gasteiger charge is -2.31. The van der Waals surface area contributed by atoms with Gasteiger partial charge in [-0.2, -0.15) is 0 Å². The molecule has 2 aliphatic heterocycles. The molecule has 2 saturated heterocycles. The predicted octanol–water partition coefficient (Wildman–Crippen LogP) is -0.182. The van der Waals surface area contributed by atoms with Crippen LogP contribution in [0, 0.1) is 0 Å². The van der Waals surface area contributed by atoms with Gasteiger partial charge in [-0.05, 0) is 19.9 Å². The third-order valence-corrected chi connectivity index (χ3v) is 2.91. The molecule has 0 aromatic carbocycles. The Kier molecular flexibility index (Phi) is 2.51. The molecule has 0 saturated carbocycles. The number of nitrogens with zero attached hydrogens (tertiary/aromatic N) is 2. The molecule has 1 unspecified atom stereocenters. The number of carbonyl (C=O) groups is 1. The molecular weight excluding hydrogens is 166 g/mol. The van der Waals surface area contributed by atoms with Gasteiger partial charge >= 0.3 is 0 Å². The van der Waals surface area contributed by atoms with Crippen LogP contribution in [0.25, 0.3) is 0 Å². The zero-order valence-electron chi connectivity index (χ0n) is 8.12. The highest BCUT2D eigenvalue weighted by Crippen LogP contribution is 2.18. The zero-order chi connectivity index (χ0) is 9.26. The Morgan fingerprint density at radius 3 is 3.08 bits per heavy atom. The molecule has 4 nitrogen and oxygen atoms in total. The van der Waals surface area contributed by atoms with E-state index in [9.17, 15) is 4.79 Å². The summed E-state index contributed by atoms with van der Waals surface area (Å²) in [6, 6.07) is 0.548. The minimum absolute atomic E-state index is 0.286. The van der Waals surface area contributed by atoms with Gasteiger partial charge in [0.2, 0.25) is 5.91 Å². The molecule has 0 spiro atoms. The molecular formula is C9H17N3O. The van der Waals surface area contributed by atoms with E-state index in [1.165, 1.54) is 6.42 Å². The summed E-state index contributed by atoms with van der Waals surface area (Å²) in [6.07, 6.45) is 1.87. The maximum absolute atomic E-state index is 11.4. The van der Waals surface area contributed by atoms with Crippen molar-refractivity contribution in [1.29, 1.82) is 0 Å². The molecule has 1 N–H and O–H groups in total. The van der Waals surface area contributed by atoms with Gasteiger partial charge in [0.1, 0.15) is 0 Å². The Morgan fingerprint density at radius 2 is 2.46 bits per heavy atom. The van der Waals surface area contributed by atoms with E-state index in [0.717, 1.165) is 26.2 Å². The molecule has 2 fully saturated rings. The van der Waals surface area contributed by atoms with E-state index in [4.69, 9.17) is 0 Å². The average molecular weight is 183 g/mol. The van der Waals surface area contributed by atoms with Gasteiger partial charge in [0.15, 0.2) is 0 Å². The maximum Gasteiger partial charge on any atom is 0.238 e. The van der Waals surface area contributed by atoms with Crippen LogP contribution in [-0.4, -0.2) is 48.1 Å². The number of nitrogens with one attached hydrogen (secondary N) is 1. The van der Waals surface area contributed by atoms with Gasteiger partial charge < -0.3 is 5.32 Å². The van der Waals surface area contributed by atoms with Crippen molar-refractivity contribution < 1.29 is 4.79 Å². The van der Waals surface area contributed by atoms with Gasteiger partial charge in [-0.15, -0.1) is 0 Å². The topological polar surface area (TPSA) is 35.6 Å². The van der Waals surface area contributed by atoms with Crippen LogP contribution in [0.3, 0.4) is 0 Å². The number of carbonyl (C=O) groups excluding carboxylic acids is 1. The van der Waals surface area contributed by atoms with Crippen molar-refractivity contribution >= 4 is 5.91 Å². The van der Waals surface area contributed by atoms with Crippen LogP contribution in [0.1, 0.15) is 19.8 Å². The second-order valence-electron chi connectivity index (χ2n) is 3.67. The highest BCUT2D eigenvalue weighted by Gasteiger charge is 2.33. The molecule has 0 aliphatic carbocycles. The van der Waals surface area contributed by atoms with E-state index in [-0.39, 0.29) is 5.91 Å². The summed E-state index contributed by atoms with van der Waals surface area (Å²) in [5, 5.41) is 7.47. The fourth-order valence-electron chi connectivity index (χ4n) is 2.23. The summed E-state index contributed by atoms with van der Waals surface area (Å²) < 4.78 is 0. The molecule has 0 radical (unpaired) electrons. The Labute approximate surface area is 78.8 Å². The lowest BCUT2D eigenvalue weighted by atomic mass is 10.2. The number of amides is 1. The van der Waals surface area contributed by atoms with E-state index in [2.05, 4.69) is 10.3 Å². The van der Waals surface area contributed by atoms with E-state index < -0.39 is 0 Å². The first-order valence-corrected chi connectivity index (χ1v) is 5.10. The maximum atomic E-state index is 11.4. The molecule has 0 aromatic rings. The Balaban J connectivity index is 2.01. The summed E-state index contributed by atoms with van der Waals surface area (Å²) in [5.74, 6) is 0.286. The summed E-state index contributed by atoms with van der Waals surface area (Å²) in [4.78, 5) is 11.4. The van der Waals surface area contributed by atoms with Gasteiger partial charge in [0, 0.05) is 32.1 Å². The Bertz CT molecular complexity index is 201. The van der Waals surface area contributed by atoms with E-state index in [1.54, 1.807) is 0 Å². The summed E-state index contributed by atoms with van der Waals surface area (Å²) in [6.45, 7) is 5.89. The number of hydrogen-bond acceptors (Lipinski definition) is 3. The molecule has 2 aliphatic rings. The Hall–Kier alpha value is -0.610. The van der Waals surface area contributed by atoms with Crippen molar-refractivity contribution in [3.05, 3.63) is 0 Å². The van der Waals surface area contributed by atoms with Crippen LogP contribution in [0.5, 0.6) is 0 Å². The first-order valence-electron chi connectivity index (χ1n) is 5.10. The minimum atomic E-state index is 0.286. The zero-order valence-corrected chi connectivity index (χ0v) is 8.12. The van der Waals surface area contributed by atoms with E-state index in [1.807, 2.05) is 11.9 Å². The Morgan fingerprint density at radius 1 is 1.62 bits per heavy atom. The molecule has 2 heterocycles. The van der Waals surface area contributed by atoms with Gasteiger partial charge in [0.05, 0.1) is 0 Å². The first kappa shape index (κ1) is 8.97. The second kappa shape index (κ2) is 3.64. The van der Waals surface area contributed by atoms with Gasteiger partial charge in [-0.25, -0.2) is 5.01 Å². The molecule has 4 heteroatoms. The van der Waals surface area contributed by atoms with Crippen molar-refractivity contribution in [3.8, 4) is 0 Å². The van der Waals surface area contributed by atoms with E-state index >= 15 is 0 Å². The number of hydrazine groups is 1. The highest BCUT2D eigenvalue weighted by atomic mass is 16.2. The molecule has 0 aromatic heterocycles. The van der Waals surface area contributed by atoms with Crippen LogP contribution in [0.2, 0.25) is 0 Å². The second-order valence-corrected chi connectivity index (χ2v) is 3.67. The van der Waals surface area contributed by atoms with E-state index in [0.29, 0.717) is 12.5 Å². The summed E-state index contributed by atoms with van der Waals surface area (Å²) >= 11 is 0. The average Bonchev–Trinajstić information content (AvgIpc) is 2.71. The molecule has 74 valence electrons. The molecule has 1 amide bonds. The third-order valence-electron chi connectivity index (χ3n) is 2.91. The lowest BCUT2D eigenvalue weighted by Crippen LogP contribution is -2.46. The van der Waals surface area contributed by atoms with Crippen molar-refractivity contribution in [3.63, 3.8) is 0 Å². The van der Waals surface area contributed by atoms with Gasteiger partial charge in [0.25, 0.3) is 0 Å². The molecule has 13 heavy (non-hydrogen) atoms. The standard InChI is InChI=1S/C9H17N3O/c1-2-11-9(13)4-6-12(11)8-3-5-10-7-8/h8,10H,2-7H2,1H3. The SMILES string of the molecule is CCN1C(=O)CCN1C1CCNC1. The first-order chi connectivity index (χ1) is 6.33. The molecule has 1 atom stereocenters. The normalized spacial score (nSPS) is 30.4. The monoisotopic (exact) mass is 183 g/mol. The summed E-state index contributed by atoms with van der Waals surface area (Å²) in [5.41, 5.74) is 0. The quantitative estimate of drug-likeness (QED) is 0.645. The summed E-state index contributed by atoms with van der Waals surface area (Å²) in [7, 11) is 0. The van der Waals surface area contributed by atoms with Crippen LogP contribution < -0.4 is 5.32 Å². The van der Waals surface area contributed by atoms with Crippen LogP contribution in [0.4, 0.5) is 0 Å². The van der Waals surface area contributed by atoms with Gasteiger partial charge in [-0.1, -0.05) is 0 Å². The van der Waals surface area contributed by atoms with Crippen LogP contribution in [-0.2, 0) is 4.79 Å². The fraction of sp³-hybridized carbons (Fsp3) is 0.889. The van der Waals surface area contributed by atoms with Crippen molar-refractivity contribution in [2.24, 2.45) is 0 Å². The molecule has 2 rings (SSSR count). The van der Waals surface area contributed by atoms with Crippen LogP contribution in [0.15, 0.2) is 0 Å². The van der Waals surface area contributed by atoms with Crippen molar-refractivity contribution in [1.82, 2.24) is 15.3 Å². The highest BCUT2D eigenvalue weighted by molar-refractivity contribution is 5.77. The lowest BCUT2D eigenvalue weighted by molar-refractivity contribution is -0.139. The van der Waals surface area contributed by atoms with Crippen LogP contribution >= 0.6 is 0 Å². The fourth-order valence-corrected chi connectivity index (χ4v) is 2.23.